The third-order valence-electron chi connectivity index (χ3n) is 5.80. The highest BCUT2D eigenvalue weighted by molar-refractivity contribution is 7.93. The lowest BCUT2D eigenvalue weighted by Crippen LogP contribution is -2.13. The molecule has 2 aromatic heterocycles. The van der Waals surface area contributed by atoms with Crippen molar-refractivity contribution >= 4 is 55.8 Å². The van der Waals surface area contributed by atoms with E-state index in [-0.39, 0.29) is 23.1 Å². The number of nitrogens with zero attached hydrogens (tertiary/aromatic N) is 1. The van der Waals surface area contributed by atoms with E-state index in [9.17, 15) is 8.42 Å². The number of para-hydroxylation sites is 1. The summed E-state index contributed by atoms with van der Waals surface area (Å²) in [5, 5.41) is 9.19. The van der Waals surface area contributed by atoms with Crippen LogP contribution in [0.2, 0.25) is 0 Å². The topological polar surface area (TPSA) is 122 Å². The van der Waals surface area contributed by atoms with E-state index in [1.54, 1.807) is 36.5 Å². The SMILES string of the molecule is Cc1c(Cc2ccc(C(=N)N)cc2)oc2cc(NS(=O)(=O)c3cccc4cccnc34)ccc12.Cl. The predicted octanol–water partition coefficient (Wildman–Crippen LogP) is 5.39. The number of fused-ring (bicyclic) bond motifs is 2. The second-order valence-electron chi connectivity index (χ2n) is 8.09. The molecule has 0 aliphatic rings. The number of benzene rings is 3. The van der Waals surface area contributed by atoms with Crippen molar-refractivity contribution in [1.29, 1.82) is 5.41 Å². The molecular weight excluding hydrogens is 484 g/mol. The van der Waals surface area contributed by atoms with Crippen molar-refractivity contribution in [3.8, 4) is 0 Å². The van der Waals surface area contributed by atoms with Gasteiger partial charge in [0, 0.05) is 35.0 Å². The molecule has 0 amide bonds. The summed E-state index contributed by atoms with van der Waals surface area (Å²) in [4.78, 5) is 4.37. The van der Waals surface area contributed by atoms with Crippen LogP contribution in [0.15, 0.2) is 88.3 Å². The van der Waals surface area contributed by atoms with Crippen LogP contribution in [-0.4, -0.2) is 19.2 Å². The molecule has 9 heteroatoms. The van der Waals surface area contributed by atoms with Crippen LogP contribution in [0.3, 0.4) is 0 Å². The van der Waals surface area contributed by atoms with Crippen molar-refractivity contribution < 1.29 is 12.8 Å². The number of aryl methyl sites for hydroxylation is 1. The molecule has 0 aliphatic heterocycles. The second kappa shape index (κ2) is 9.40. The molecule has 5 rings (SSSR count). The molecule has 2 heterocycles. The van der Waals surface area contributed by atoms with E-state index in [2.05, 4.69) is 9.71 Å². The summed E-state index contributed by atoms with van der Waals surface area (Å²) in [5.74, 6) is 0.824. The van der Waals surface area contributed by atoms with Gasteiger partial charge in [-0.3, -0.25) is 15.1 Å². The van der Waals surface area contributed by atoms with Crippen LogP contribution in [0.4, 0.5) is 5.69 Å². The van der Waals surface area contributed by atoms with E-state index >= 15 is 0 Å². The molecule has 0 bridgehead atoms. The Hall–Kier alpha value is -3.88. The number of furan rings is 1. The molecule has 0 saturated carbocycles. The standard InChI is InChI=1S/C26H22N4O3S.ClH/c1-16-21-12-11-20(30-34(31,32)24-6-2-4-18-5-3-13-29-25(18)24)15-23(21)33-22(16)14-17-7-9-19(10-8-17)26(27)28;/h2-13,15,30H,14H2,1H3,(H3,27,28);1H. The molecule has 35 heavy (non-hydrogen) atoms. The number of anilines is 1. The normalized spacial score (nSPS) is 11.3. The van der Waals surface area contributed by atoms with Gasteiger partial charge in [-0.25, -0.2) is 8.42 Å². The second-order valence-corrected chi connectivity index (χ2v) is 9.74. The van der Waals surface area contributed by atoms with Gasteiger partial charge in [-0.15, -0.1) is 12.4 Å². The first-order chi connectivity index (χ1) is 16.3. The van der Waals surface area contributed by atoms with Crippen LogP contribution in [0, 0.1) is 12.3 Å². The van der Waals surface area contributed by atoms with E-state index in [0.717, 1.165) is 27.7 Å². The maximum absolute atomic E-state index is 13.1. The van der Waals surface area contributed by atoms with Crippen molar-refractivity contribution in [3.63, 3.8) is 0 Å². The minimum absolute atomic E-state index is 0. The summed E-state index contributed by atoms with van der Waals surface area (Å²) in [6.07, 6.45) is 2.15. The summed E-state index contributed by atoms with van der Waals surface area (Å²) >= 11 is 0. The average Bonchev–Trinajstić information content (AvgIpc) is 3.13. The van der Waals surface area contributed by atoms with Crippen LogP contribution in [0.1, 0.15) is 22.5 Å². The van der Waals surface area contributed by atoms with Gasteiger partial charge in [0.1, 0.15) is 22.1 Å². The van der Waals surface area contributed by atoms with Crippen molar-refractivity contribution in [3.05, 3.63) is 101 Å². The fourth-order valence-corrected chi connectivity index (χ4v) is 5.23. The lowest BCUT2D eigenvalue weighted by atomic mass is 10.0. The molecule has 0 saturated heterocycles. The molecule has 3 aromatic carbocycles. The van der Waals surface area contributed by atoms with Crippen LogP contribution >= 0.6 is 12.4 Å². The smallest absolute Gasteiger partial charge is 0.264 e. The molecule has 0 aliphatic carbocycles. The van der Waals surface area contributed by atoms with Crippen molar-refractivity contribution in [2.75, 3.05) is 4.72 Å². The summed E-state index contributed by atoms with van der Waals surface area (Å²) in [6, 6.07) is 21.4. The van der Waals surface area contributed by atoms with Gasteiger partial charge in [-0.2, -0.15) is 0 Å². The highest BCUT2D eigenvalue weighted by Gasteiger charge is 2.19. The van der Waals surface area contributed by atoms with Crippen LogP contribution in [-0.2, 0) is 16.4 Å². The number of halogens is 1. The number of hydrogen-bond acceptors (Lipinski definition) is 5. The molecule has 4 N–H and O–H groups in total. The van der Waals surface area contributed by atoms with Crippen molar-refractivity contribution in [1.82, 2.24) is 4.98 Å². The number of sulfonamides is 1. The molecule has 0 atom stereocenters. The lowest BCUT2D eigenvalue weighted by molar-refractivity contribution is 0.559. The van der Waals surface area contributed by atoms with Gasteiger partial charge < -0.3 is 10.2 Å². The van der Waals surface area contributed by atoms with Gasteiger partial charge in [0.05, 0.1) is 11.2 Å². The number of pyridine rings is 1. The van der Waals surface area contributed by atoms with Crippen LogP contribution in [0.5, 0.6) is 0 Å². The molecule has 0 unspecified atom stereocenters. The Bertz CT molecular complexity index is 1660. The molecule has 0 spiro atoms. The van der Waals surface area contributed by atoms with Gasteiger partial charge in [0.25, 0.3) is 10.0 Å². The van der Waals surface area contributed by atoms with Crippen molar-refractivity contribution in [2.24, 2.45) is 5.73 Å². The van der Waals surface area contributed by atoms with E-state index in [0.29, 0.717) is 28.8 Å². The zero-order valence-corrected chi connectivity index (χ0v) is 20.4. The Morgan fingerprint density at radius 3 is 2.54 bits per heavy atom. The summed E-state index contributed by atoms with van der Waals surface area (Å²) in [7, 11) is -3.85. The fraction of sp³-hybridized carbons (Fsp3) is 0.0769. The Labute approximate surface area is 209 Å². The number of nitrogens with two attached hydrogens (primary N) is 1. The molecular formula is C26H23ClN4O3S. The van der Waals surface area contributed by atoms with Gasteiger partial charge in [-0.05, 0) is 42.3 Å². The number of rotatable bonds is 6. The Morgan fingerprint density at radius 2 is 1.80 bits per heavy atom. The van der Waals surface area contributed by atoms with Gasteiger partial charge in [0.15, 0.2) is 0 Å². The number of nitrogen functional groups attached to an aromatic ring is 1. The van der Waals surface area contributed by atoms with E-state index in [4.69, 9.17) is 15.6 Å². The Morgan fingerprint density at radius 1 is 1.06 bits per heavy atom. The van der Waals surface area contributed by atoms with Crippen LogP contribution < -0.4 is 10.5 Å². The zero-order valence-electron chi connectivity index (χ0n) is 18.8. The molecule has 7 nitrogen and oxygen atoms in total. The summed E-state index contributed by atoms with van der Waals surface area (Å²) in [5.41, 5.74) is 9.65. The highest BCUT2D eigenvalue weighted by Crippen LogP contribution is 2.31. The molecule has 0 radical (unpaired) electrons. The van der Waals surface area contributed by atoms with Gasteiger partial charge >= 0.3 is 0 Å². The Balaban J connectivity index is 0.00000289. The third kappa shape index (κ3) is 4.71. The third-order valence-corrected chi connectivity index (χ3v) is 7.22. The minimum atomic E-state index is -3.85. The highest BCUT2D eigenvalue weighted by atomic mass is 35.5. The number of hydrogen-bond donors (Lipinski definition) is 3. The van der Waals surface area contributed by atoms with E-state index in [1.807, 2.05) is 49.4 Å². The van der Waals surface area contributed by atoms with E-state index in [1.165, 1.54) is 0 Å². The minimum Gasteiger partial charge on any atom is -0.460 e. The maximum atomic E-state index is 13.1. The molecule has 5 aromatic rings. The van der Waals surface area contributed by atoms with Gasteiger partial charge in [0.2, 0.25) is 0 Å². The van der Waals surface area contributed by atoms with E-state index < -0.39 is 10.0 Å². The quantitative estimate of drug-likeness (QED) is 0.210. The summed E-state index contributed by atoms with van der Waals surface area (Å²) < 4.78 is 35.0. The monoisotopic (exact) mass is 506 g/mol. The van der Waals surface area contributed by atoms with Crippen molar-refractivity contribution in [2.45, 2.75) is 18.2 Å². The van der Waals surface area contributed by atoms with Crippen LogP contribution in [0.25, 0.3) is 21.9 Å². The summed E-state index contributed by atoms with van der Waals surface area (Å²) in [6.45, 7) is 1.98. The first-order valence-electron chi connectivity index (χ1n) is 10.6. The lowest BCUT2D eigenvalue weighted by Gasteiger charge is -2.10. The first-order valence-corrected chi connectivity index (χ1v) is 12.1. The number of aromatic nitrogens is 1. The average molecular weight is 507 g/mol. The maximum Gasteiger partial charge on any atom is 0.264 e. The largest absolute Gasteiger partial charge is 0.460 e. The fourth-order valence-electron chi connectivity index (χ4n) is 4.00. The number of nitrogens with one attached hydrogen (secondary N) is 2. The zero-order chi connectivity index (χ0) is 23.9. The predicted molar refractivity (Wildman–Crippen MR) is 141 cm³/mol. The molecule has 0 fully saturated rings. The Kier molecular flexibility index (Phi) is 6.51. The number of amidine groups is 1. The van der Waals surface area contributed by atoms with Gasteiger partial charge in [-0.1, -0.05) is 42.5 Å². The first kappa shape index (κ1) is 24.3. The molecule has 178 valence electrons.